The predicted molar refractivity (Wildman–Crippen MR) is 104 cm³/mol. The van der Waals surface area contributed by atoms with Crippen molar-refractivity contribution in [2.75, 3.05) is 13.6 Å². The number of amides is 2. The van der Waals surface area contributed by atoms with Gasteiger partial charge in [0.15, 0.2) is 0 Å². The van der Waals surface area contributed by atoms with Crippen molar-refractivity contribution in [3.8, 4) is 0 Å². The molecule has 0 bridgehead atoms. The van der Waals surface area contributed by atoms with Crippen molar-refractivity contribution in [3.63, 3.8) is 0 Å². The molecule has 0 aliphatic carbocycles. The molecule has 2 aromatic carbocycles. The van der Waals surface area contributed by atoms with E-state index in [0.717, 1.165) is 16.5 Å². The highest BCUT2D eigenvalue weighted by atomic mass is 16.2. The van der Waals surface area contributed by atoms with E-state index < -0.39 is 6.04 Å². The summed E-state index contributed by atoms with van der Waals surface area (Å²) in [5, 5.41) is 0.809. The van der Waals surface area contributed by atoms with Crippen LogP contribution in [0, 0.1) is 0 Å². The number of rotatable bonds is 4. The van der Waals surface area contributed by atoms with Crippen LogP contribution in [-0.4, -0.2) is 46.2 Å². The van der Waals surface area contributed by atoms with Gasteiger partial charge >= 0.3 is 0 Å². The summed E-state index contributed by atoms with van der Waals surface area (Å²) < 4.78 is 0. The van der Waals surface area contributed by atoms with Crippen LogP contribution in [0.3, 0.4) is 0 Å². The maximum Gasteiger partial charge on any atom is 0.254 e. The van der Waals surface area contributed by atoms with Crippen molar-refractivity contribution in [1.29, 1.82) is 0 Å². The van der Waals surface area contributed by atoms with Gasteiger partial charge in [0.2, 0.25) is 5.91 Å². The molecule has 2 amide bonds. The van der Waals surface area contributed by atoms with Crippen molar-refractivity contribution in [1.82, 2.24) is 14.8 Å². The van der Waals surface area contributed by atoms with Gasteiger partial charge in [-0.3, -0.25) is 14.6 Å². The first kappa shape index (κ1) is 17.2. The van der Waals surface area contributed by atoms with Crippen LogP contribution in [0.5, 0.6) is 0 Å². The quantitative estimate of drug-likeness (QED) is 0.719. The molecule has 1 unspecified atom stereocenters. The summed E-state index contributed by atoms with van der Waals surface area (Å²) >= 11 is 0. The Kier molecular flexibility index (Phi) is 4.59. The minimum absolute atomic E-state index is 0.00747. The van der Waals surface area contributed by atoms with E-state index in [1.165, 1.54) is 0 Å². The molecule has 1 saturated heterocycles. The van der Waals surface area contributed by atoms with Gasteiger partial charge in [0.25, 0.3) is 5.91 Å². The molecule has 0 N–H and O–H groups in total. The van der Waals surface area contributed by atoms with E-state index >= 15 is 0 Å². The molecule has 4 rings (SSSR count). The van der Waals surface area contributed by atoms with Crippen molar-refractivity contribution in [2.24, 2.45) is 0 Å². The van der Waals surface area contributed by atoms with Crippen LogP contribution in [0.15, 0.2) is 66.9 Å². The first-order valence-corrected chi connectivity index (χ1v) is 9.09. The third-order valence-electron chi connectivity index (χ3n) is 5.15. The Morgan fingerprint density at radius 3 is 2.74 bits per heavy atom. The van der Waals surface area contributed by atoms with E-state index in [0.29, 0.717) is 25.1 Å². The molecule has 0 spiro atoms. The highest BCUT2D eigenvalue weighted by Crippen LogP contribution is 2.23. The van der Waals surface area contributed by atoms with E-state index in [9.17, 15) is 9.59 Å². The van der Waals surface area contributed by atoms with Gasteiger partial charge in [-0.1, -0.05) is 42.5 Å². The van der Waals surface area contributed by atoms with E-state index in [4.69, 9.17) is 0 Å². The van der Waals surface area contributed by atoms with Crippen molar-refractivity contribution < 1.29 is 9.59 Å². The van der Waals surface area contributed by atoms with Gasteiger partial charge < -0.3 is 9.80 Å². The summed E-state index contributed by atoms with van der Waals surface area (Å²) in [6.45, 7) is 1.24. The van der Waals surface area contributed by atoms with Gasteiger partial charge in [0.1, 0.15) is 6.04 Å². The Balaban J connectivity index is 1.53. The molecule has 2 heterocycles. The molecule has 3 aromatic rings. The lowest BCUT2D eigenvalue weighted by Crippen LogP contribution is -2.42. The van der Waals surface area contributed by atoms with E-state index in [-0.39, 0.29) is 11.8 Å². The minimum atomic E-state index is -0.423. The third-order valence-corrected chi connectivity index (χ3v) is 5.15. The van der Waals surface area contributed by atoms with Crippen LogP contribution >= 0.6 is 0 Å². The van der Waals surface area contributed by atoms with E-state index in [2.05, 4.69) is 4.98 Å². The fourth-order valence-corrected chi connectivity index (χ4v) is 3.66. The lowest BCUT2D eigenvalue weighted by Gasteiger charge is -2.24. The Bertz CT molecular complexity index is 982. The molecule has 27 heavy (non-hydrogen) atoms. The number of benzene rings is 2. The predicted octanol–water partition coefficient (Wildman–Crippen LogP) is 3.11. The van der Waals surface area contributed by atoms with Crippen LogP contribution in [0.2, 0.25) is 0 Å². The first-order valence-electron chi connectivity index (χ1n) is 9.09. The fourth-order valence-electron chi connectivity index (χ4n) is 3.66. The smallest absolute Gasteiger partial charge is 0.254 e. The maximum absolute atomic E-state index is 13.1. The van der Waals surface area contributed by atoms with Crippen LogP contribution < -0.4 is 0 Å². The molecular formula is C22H21N3O2. The Hall–Kier alpha value is -3.21. The number of hydrogen-bond acceptors (Lipinski definition) is 3. The zero-order valence-corrected chi connectivity index (χ0v) is 15.2. The molecule has 5 heteroatoms. The molecule has 1 fully saturated rings. The molecular weight excluding hydrogens is 338 g/mol. The molecule has 1 aromatic heterocycles. The molecule has 1 aliphatic heterocycles. The van der Waals surface area contributed by atoms with Crippen molar-refractivity contribution in [3.05, 3.63) is 78.0 Å². The second-order valence-corrected chi connectivity index (χ2v) is 6.84. The first-order chi connectivity index (χ1) is 13.1. The summed E-state index contributed by atoms with van der Waals surface area (Å²) in [5.41, 5.74) is 2.46. The van der Waals surface area contributed by atoms with Crippen molar-refractivity contribution >= 4 is 22.7 Å². The average Bonchev–Trinajstić information content (AvgIpc) is 3.07. The molecule has 1 aliphatic rings. The lowest BCUT2D eigenvalue weighted by molar-refractivity contribution is -0.131. The molecule has 136 valence electrons. The second-order valence-electron chi connectivity index (χ2n) is 6.84. The summed E-state index contributed by atoms with van der Waals surface area (Å²) in [6.07, 6.45) is 2.36. The van der Waals surface area contributed by atoms with E-state index in [1.54, 1.807) is 24.2 Å². The van der Waals surface area contributed by atoms with Gasteiger partial charge in [-0.15, -0.1) is 0 Å². The number of nitrogens with zero attached hydrogens (tertiary/aromatic N) is 3. The molecule has 0 radical (unpaired) electrons. The number of fused-ring (bicyclic) bond motifs is 1. The largest absolute Gasteiger partial charge is 0.336 e. The normalized spacial score (nSPS) is 16.7. The van der Waals surface area contributed by atoms with Gasteiger partial charge in [-0.05, 0) is 30.2 Å². The van der Waals surface area contributed by atoms with Crippen LogP contribution in [0.4, 0.5) is 0 Å². The Morgan fingerprint density at radius 1 is 1.11 bits per heavy atom. The topological polar surface area (TPSA) is 53.5 Å². The number of pyridine rings is 1. The van der Waals surface area contributed by atoms with Gasteiger partial charge in [0, 0.05) is 37.3 Å². The number of aromatic nitrogens is 1. The summed E-state index contributed by atoms with van der Waals surface area (Å²) in [7, 11) is 1.71. The summed E-state index contributed by atoms with van der Waals surface area (Å²) in [5.74, 6) is -0.137. The fraction of sp³-hybridized carbons (Fsp3) is 0.227. The lowest BCUT2D eigenvalue weighted by atomic mass is 10.1. The number of hydrogen-bond donors (Lipinski definition) is 0. The molecule has 1 atom stereocenters. The second kappa shape index (κ2) is 7.19. The monoisotopic (exact) mass is 359 g/mol. The number of likely N-dealkylation sites (tertiary alicyclic amines) is 1. The minimum Gasteiger partial charge on any atom is -0.336 e. The standard InChI is InChI=1S/C22H21N3O2/c1-24(21(26)18-9-5-11-19-17(18)10-6-13-23-19)20-12-14-25(22(20)27)15-16-7-3-2-4-8-16/h2-11,13,20H,12,14-15H2,1H3. The van der Waals surface area contributed by atoms with Crippen LogP contribution in [0.25, 0.3) is 10.9 Å². The highest BCUT2D eigenvalue weighted by molar-refractivity contribution is 6.07. The van der Waals surface area contributed by atoms with E-state index in [1.807, 2.05) is 59.5 Å². The van der Waals surface area contributed by atoms with Gasteiger partial charge in [-0.2, -0.15) is 0 Å². The molecule has 0 saturated carbocycles. The molecule has 5 nitrogen and oxygen atoms in total. The summed E-state index contributed by atoms with van der Waals surface area (Å²) in [4.78, 5) is 33.7. The number of carbonyl (C=O) groups excluding carboxylic acids is 2. The Morgan fingerprint density at radius 2 is 1.93 bits per heavy atom. The zero-order chi connectivity index (χ0) is 18.8. The average molecular weight is 359 g/mol. The van der Waals surface area contributed by atoms with Crippen molar-refractivity contribution in [2.45, 2.75) is 19.0 Å². The number of carbonyl (C=O) groups is 2. The van der Waals surface area contributed by atoms with Gasteiger partial charge in [0.05, 0.1) is 5.52 Å². The Labute approximate surface area is 158 Å². The maximum atomic E-state index is 13.1. The SMILES string of the molecule is CN(C(=O)c1cccc2ncccc12)C1CCN(Cc2ccccc2)C1=O. The highest BCUT2D eigenvalue weighted by Gasteiger charge is 2.36. The zero-order valence-electron chi connectivity index (χ0n) is 15.2. The summed E-state index contributed by atoms with van der Waals surface area (Å²) in [6, 6.07) is 18.7. The van der Waals surface area contributed by atoms with Crippen LogP contribution in [-0.2, 0) is 11.3 Å². The van der Waals surface area contributed by atoms with Crippen LogP contribution in [0.1, 0.15) is 22.3 Å². The number of likely N-dealkylation sites (N-methyl/N-ethyl adjacent to an activating group) is 1. The van der Waals surface area contributed by atoms with Gasteiger partial charge in [-0.25, -0.2) is 0 Å². The third kappa shape index (κ3) is 3.28.